The number of morpholine rings is 1. The topological polar surface area (TPSA) is 47.4 Å². The van der Waals surface area contributed by atoms with E-state index in [-0.39, 0.29) is 12.0 Å². The van der Waals surface area contributed by atoms with E-state index in [9.17, 15) is 4.79 Å². The maximum Gasteiger partial charge on any atom is 0.254 e. The van der Waals surface area contributed by atoms with Crippen LogP contribution in [0.1, 0.15) is 28.7 Å². The molecule has 0 N–H and O–H groups in total. The molecule has 1 saturated heterocycles. The minimum atomic E-state index is 0.0649. The van der Waals surface area contributed by atoms with Crippen molar-refractivity contribution < 1.29 is 9.53 Å². The zero-order valence-electron chi connectivity index (χ0n) is 13.2. The van der Waals surface area contributed by atoms with Crippen molar-refractivity contribution in [3.8, 4) is 5.69 Å². The van der Waals surface area contributed by atoms with Crippen molar-refractivity contribution in [2.75, 3.05) is 19.7 Å². The lowest BCUT2D eigenvalue weighted by Gasteiger charge is -2.31. The molecule has 1 aliphatic heterocycles. The van der Waals surface area contributed by atoms with E-state index in [1.54, 1.807) is 0 Å². The van der Waals surface area contributed by atoms with Gasteiger partial charge >= 0.3 is 0 Å². The second-order valence-corrected chi connectivity index (χ2v) is 5.82. The Morgan fingerprint density at radius 2 is 2.00 bits per heavy atom. The van der Waals surface area contributed by atoms with E-state index in [1.807, 2.05) is 60.7 Å². The van der Waals surface area contributed by atoms with Crippen molar-refractivity contribution in [3.05, 3.63) is 47.3 Å². The maximum atomic E-state index is 12.5. The number of ether oxygens (including phenoxy) is 1. The van der Waals surface area contributed by atoms with E-state index in [1.165, 1.54) is 0 Å². The molecule has 1 unspecified atom stereocenters. The first kappa shape index (κ1) is 14.8. The first-order chi connectivity index (χ1) is 10.5. The Balaban J connectivity index is 1.79. The van der Waals surface area contributed by atoms with Gasteiger partial charge in [0.25, 0.3) is 5.91 Å². The summed E-state index contributed by atoms with van der Waals surface area (Å²) in [6.45, 7) is 7.90. The summed E-state index contributed by atoms with van der Waals surface area (Å²) < 4.78 is 7.37. The van der Waals surface area contributed by atoms with Crippen molar-refractivity contribution in [3.63, 3.8) is 0 Å². The summed E-state index contributed by atoms with van der Waals surface area (Å²) in [7, 11) is 0. The zero-order valence-corrected chi connectivity index (χ0v) is 13.2. The highest BCUT2D eigenvalue weighted by molar-refractivity contribution is 5.94. The van der Waals surface area contributed by atoms with E-state index in [0.717, 1.165) is 17.1 Å². The Morgan fingerprint density at radius 3 is 2.59 bits per heavy atom. The highest BCUT2D eigenvalue weighted by atomic mass is 16.5. The van der Waals surface area contributed by atoms with Gasteiger partial charge in [-0.1, -0.05) is 0 Å². The lowest BCUT2D eigenvalue weighted by molar-refractivity contribution is -0.0124. The first-order valence-electron chi connectivity index (χ1n) is 7.59. The van der Waals surface area contributed by atoms with Gasteiger partial charge in [0.15, 0.2) is 0 Å². The monoisotopic (exact) mass is 299 g/mol. The molecule has 3 rings (SSSR count). The molecule has 0 bridgehead atoms. The van der Waals surface area contributed by atoms with Crippen LogP contribution in [0.4, 0.5) is 0 Å². The summed E-state index contributed by atoms with van der Waals surface area (Å²) >= 11 is 0. The van der Waals surface area contributed by atoms with E-state index < -0.39 is 0 Å². The summed E-state index contributed by atoms with van der Waals surface area (Å²) in [5, 5.41) is 4.46. The predicted octanol–water partition coefficient (Wildman–Crippen LogP) is 2.35. The Kier molecular flexibility index (Phi) is 3.98. The quantitative estimate of drug-likeness (QED) is 0.855. The normalized spacial score (nSPS) is 18.5. The average Bonchev–Trinajstić information content (AvgIpc) is 2.85. The fraction of sp³-hybridized carbons (Fsp3) is 0.412. The molecule has 1 aromatic heterocycles. The van der Waals surface area contributed by atoms with E-state index in [0.29, 0.717) is 25.3 Å². The van der Waals surface area contributed by atoms with Crippen LogP contribution >= 0.6 is 0 Å². The standard InChI is InChI=1S/C17H21N3O2/c1-12-10-13(2)20(18-12)16-6-4-15(5-7-16)17(21)19-8-9-22-14(3)11-19/h4-7,10,14H,8-9,11H2,1-3H3. The molecule has 0 saturated carbocycles. The van der Waals surface area contributed by atoms with Gasteiger partial charge in [-0.05, 0) is 51.1 Å². The second kappa shape index (κ2) is 5.93. The molecule has 2 aromatic rings. The van der Waals surface area contributed by atoms with Crippen molar-refractivity contribution in [2.24, 2.45) is 0 Å². The van der Waals surface area contributed by atoms with Crippen molar-refractivity contribution in [1.82, 2.24) is 14.7 Å². The van der Waals surface area contributed by atoms with Gasteiger partial charge in [-0.15, -0.1) is 0 Å². The van der Waals surface area contributed by atoms with Crippen LogP contribution in [0.25, 0.3) is 5.69 Å². The SMILES string of the molecule is Cc1cc(C)n(-c2ccc(C(=O)N3CCOC(C)C3)cc2)n1. The van der Waals surface area contributed by atoms with Crippen molar-refractivity contribution in [1.29, 1.82) is 0 Å². The number of aromatic nitrogens is 2. The Morgan fingerprint density at radius 1 is 1.27 bits per heavy atom. The van der Waals surface area contributed by atoms with Crippen LogP contribution in [0.15, 0.2) is 30.3 Å². The number of carbonyl (C=O) groups is 1. The molecule has 1 atom stereocenters. The molecule has 0 spiro atoms. The molecular formula is C17H21N3O2. The molecule has 5 heteroatoms. The first-order valence-corrected chi connectivity index (χ1v) is 7.59. The largest absolute Gasteiger partial charge is 0.375 e. The summed E-state index contributed by atoms with van der Waals surface area (Å²) in [6, 6.07) is 9.66. The van der Waals surface area contributed by atoms with Gasteiger partial charge in [-0.25, -0.2) is 4.68 Å². The number of rotatable bonds is 2. The molecule has 1 amide bonds. The lowest BCUT2D eigenvalue weighted by atomic mass is 10.1. The third kappa shape index (κ3) is 2.90. The molecule has 22 heavy (non-hydrogen) atoms. The Bertz CT molecular complexity index is 676. The zero-order chi connectivity index (χ0) is 15.7. The predicted molar refractivity (Wildman–Crippen MR) is 84.4 cm³/mol. The number of carbonyl (C=O) groups excluding carboxylic acids is 1. The van der Waals surface area contributed by atoms with E-state index in [2.05, 4.69) is 5.10 Å². The van der Waals surface area contributed by atoms with E-state index >= 15 is 0 Å². The van der Waals surface area contributed by atoms with Crippen molar-refractivity contribution in [2.45, 2.75) is 26.9 Å². The Labute approximate surface area is 130 Å². The number of nitrogens with zero attached hydrogens (tertiary/aromatic N) is 3. The minimum absolute atomic E-state index is 0.0649. The summed E-state index contributed by atoms with van der Waals surface area (Å²) in [6.07, 6.45) is 0.103. The average molecular weight is 299 g/mol. The molecule has 116 valence electrons. The number of amides is 1. The highest BCUT2D eigenvalue weighted by Crippen LogP contribution is 2.15. The lowest BCUT2D eigenvalue weighted by Crippen LogP contribution is -2.44. The van der Waals surface area contributed by atoms with Gasteiger partial charge in [0.1, 0.15) is 0 Å². The summed E-state index contributed by atoms with van der Waals surface area (Å²) in [5.41, 5.74) is 3.75. The molecular weight excluding hydrogens is 278 g/mol. The van der Waals surface area contributed by atoms with Gasteiger partial charge in [0.2, 0.25) is 0 Å². The third-order valence-electron chi connectivity index (χ3n) is 3.90. The summed E-state index contributed by atoms with van der Waals surface area (Å²) in [5.74, 6) is 0.0649. The maximum absolute atomic E-state index is 12.5. The molecule has 1 fully saturated rings. The molecule has 0 radical (unpaired) electrons. The minimum Gasteiger partial charge on any atom is -0.375 e. The van der Waals surface area contributed by atoms with Crippen LogP contribution in [-0.2, 0) is 4.74 Å². The number of benzene rings is 1. The number of aryl methyl sites for hydroxylation is 2. The van der Waals surface area contributed by atoms with Crippen LogP contribution in [-0.4, -0.2) is 46.4 Å². The fourth-order valence-corrected chi connectivity index (χ4v) is 2.82. The van der Waals surface area contributed by atoms with Crippen LogP contribution in [0.2, 0.25) is 0 Å². The molecule has 2 heterocycles. The van der Waals surface area contributed by atoms with Crippen molar-refractivity contribution >= 4 is 5.91 Å². The number of hydrogen-bond donors (Lipinski definition) is 0. The molecule has 0 aliphatic carbocycles. The van der Waals surface area contributed by atoms with Gasteiger partial charge in [-0.3, -0.25) is 4.79 Å². The molecule has 5 nitrogen and oxygen atoms in total. The molecule has 1 aliphatic rings. The van der Waals surface area contributed by atoms with Gasteiger partial charge in [-0.2, -0.15) is 5.10 Å². The molecule has 1 aromatic carbocycles. The Hall–Kier alpha value is -2.14. The van der Waals surface area contributed by atoms with Crippen LogP contribution in [0.3, 0.4) is 0 Å². The van der Waals surface area contributed by atoms with Gasteiger partial charge < -0.3 is 9.64 Å². The fourth-order valence-electron chi connectivity index (χ4n) is 2.82. The highest BCUT2D eigenvalue weighted by Gasteiger charge is 2.22. The van der Waals surface area contributed by atoms with Crippen LogP contribution in [0, 0.1) is 13.8 Å². The van der Waals surface area contributed by atoms with Crippen LogP contribution < -0.4 is 0 Å². The van der Waals surface area contributed by atoms with Gasteiger partial charge in [0, 0.05) is 24.3 Å². The smallest absolute Gasteiger partial charge is 0.254 e. The number of hydrogen-bond acceptors (Lipinski definition) is 3. The summed E-state index contributed by atoms with van der Waals surface area (Å²) in [4.78, 5) is 14.4. The third-order valence-corrected chi connectivity index (χ3v) is 3.90. The van der Waals surface area contributed by atoms with E-state index in [4.69, 9.17) is 4.74 Å². The second-order valence-electron chi connectivity index (χ2n) is 5.82. The van der Waals surface area contributed by atoms with Crippen LogP contribution in [0.5, 0.6) is 0 Å². The van der Waals surface area contributed by atoms with Gasteiger partial charge in [0.05, 0.1) is 24.1 Å².